The molecule has 8 nitrogen and oxygen atoms in total. The van der Waals surface area contributed by atoms with Gasteiger partial charge in [0.25, 0.3) is 5.91 Å². The predicted octanol–water partition coefficient (Wildman–Crippen LogP) is 3.45. The van der Waals surface area contributed by atoms with E-state index in [0.29, 0.717) is 37.5 Å². The first-order valence-corrected chi connectivity index (χ1v) is 10.1. The molecule has 5 aliphatic rings. The van der Waals surface area contributed by atoms with E-state index in [1.807, 2.05) is 0 Å². The molecule has 0 spiro atoms. The third kappa shape index (κ3) is 2.70. The van der Waals surface area contributed by atoms with Crippen LogP contribution in [-0.4, -0.2) is 33.2 Å². The SMILES string of the molecule is O=C(NC12CC(c3nnc(C4(OC(F)(F)F)CCC4)o3)(C1)C2)c1cc(C2CC2)on1. The summed E-state index contributed by atoms with van der Waals surface area (Å²) in [4.78, 5) is 12.5. The molecule has 0 saturated heterocycles. The van der Waals surface area contributed by atoms with Gasteiger partial charge in [-0.1, -0.05) is 5.16 Å². The Hall–Kier alpha value is -2.43. The quantitative estimate of drug-likeness (QED) is 0.757. The summed E-state index contributed by atoms with van der Waals surface area (Å²) in [6.07, 6.45) is 0.173. The molecule has 0 radical (unpaired) electrons. The number of aromatic nitrogens is 3. The summed E-state index contributed by atoms with van der Waals surface area (Å²) in [5.74, 6) is 1.06. The van der Waals surface area contributed by atoms with Gasteiger partial charge in [0.15, 0.2) is 11.3 Å². The van der Waals surface area contributed by atoms with Gasteiger partial charge in [0.1, 0.15) is 5.76 Å². The highest BCUT2D eigenvalue weighted by Gasteiger charge is 2.72. The van der Waals surface area contributed by atoms with Gasteiger partial charge in [-0.25, -0.2) is 0 Å². The third-order valence-electron chi connectivity index (χ3n) is 6.89. The Morgan fingerprint density at radius 1 is 1.17 bits per heavy atom. The van der Waals surface area contributed by atoms with Crippen molar-refractivity contribution in [1.82, 2.24) is 20.7 Å². The maximum absolute atomic E-state index is 12.8. The molecular formula is C19H19F3N4O4. The van der Waals surface area contributed by atoms with Crippen LogP contribution in [0.1, 0.15) is 85.3 Å². The molecule has 7 rings (SSSR count). The number of amides is 1. The minimum Gasteiger partial charge on any atom is -0.421 e. The Kier molecular flexibility index (Phi) is 3.44. The second-order valence-corrected chi connectivity index (χ2v) is 9.24. The Bertz CT molecular complexity index is 1000. The van der Waals surface area contributed by atoms with Crippen molar-refractivity contribution >= 4 is 5.91 Å². The van der Waals surface area contributed by atoms with Crippen molar-refractivity contribution in [1.29, 1.82) is 0 Å². The lowest BCUT2D eigenvalue weighted by molar-refractivity contribution is -0.387. The number of carbonyl (C=O) groups excluding carboxylic acids is 1. The zero-order valence-corrected chi connectivity index (χ0v) is 15.9. The summed E-state index contributed by atoms with van der Waals surface area (Å²) in [6, 6.07) is 1.69. The Balaban J connectivity index is 1.11. The maximum atomic E-state index is 12.8. The van der Waals surface area contributed by atoms with E-state index in [9.17, 15) is 18.0 Å². The van der Waals surface area contributed by atoms with E-state index in [0.717, 1.165) is 18.6 Å². The van der Waals surface area contributed by atoms with Gasteiger partial charge in [0.2, 0.25) is 11.8 Å². The minimum absolute atomic E-state index is 0.112. The van der Waals surface area contributed by atoms with Crippen molar-refractivity contribution < 1.29 is 31.6 Å². The Labute approximate surface area is 168 Å². The molecule has 2 aromatic rings. The van der Waals surface area contributed by atoms with Crippen LogP contribution in [0.2, 0.25) is 0 Å². The lowest BCUT2D eigenvalue weighted by Crippen LogP contribution is -2.76. The van der Waals surface area contributed by atoms with Gasteiger partial charge in [0, 0.05) is 17.5 Å². The fraction of sp³-hybridized carbons (Fsp3) is 0.684. The standard InChI is InChI=1S/C19H19F3N4O4/c20-19(21,22)30-18(4-1-5-18)15-25-24-14(28-15)16-7-17(8-16,9-16)23-13(27)11-6-12(29-26-11)10-2-3-10/h6,10H,1-5,7-9H2,(H,23,27). The zero-order valence-electron chi connectivity index (χ0n) is 15.9. The van der Waals surface area contributed by atoms with E-state index in [1.165, 1.54) is 0 Å². The first-order valence-electron chi connectivity index (χ1n) is 10.1. The molecule has 11 heteroatoms. The topological polar surface area (TPSA) is 103 Å². The van der Waals surface area contributed by atoms with Gasteiger partial charge < -0.3 is 14.3 Å². The Morgan fingerprint density at radius 2 is 1.87 bits per heavy atom. The summed E-state index contributed by atoms with van der Waals surface area (Å²) in [5, 5.41) is 14.8. The molecule has 0 aromatic carbocycles. The summed E-state index contributed by atoms with van der Waals surface area (Å²) >= 11 is 0. The first-order chi connectivity index (χ1) is 14.2. The van der Waals surface area contributed by atoms with Crippen molar-refractivity contribution in [3.05, 3.63) is 29.3 Å². The van der Waals surface area contributed by atoms with Crippen LogP contribution in [0.15, 0.2) is 15.0 Å². The third-order valence-corrected chi connectivity index (χ3v) is 6.89. The normalized spacial score (nSPS) is 31.4. The number of ether oxygens (including phenoxy) is 1. The highest BCUT2D eigenvalue weighted by molar-refractivity contribution is 5.93. The van der Waals surface area contributed by atoms with Crippen LogP contribution >= 0.6 is 0 Å². The van der Waals surface area contributed by atoms with Crippen LogP contribution in [0.4, 0.5) is 13.2 Å². The zero-order chi connectivity index (χ0) is 20.8. The minimum atomic E-state index is -4.76. The van der Waals surface area contributed by atoms with Crippen molar-refractivity contribution in [2.45, 2.75) is 80.2 Å². The van der Waals surface area contributed by atoms with Crippen molar-refractivity contribution in [3.63, 3.8) is 0 Å². The van der Waals surface area contributed by atoms with Crippen LogP contribution < -0.4 is 5.32 Å². The molecule has 0 aliphatic heterocycles. The monoisotopic (exact) mass is 424 g/mol. The summed E-state index contributed by atoms with van der Waals surface area (Å²) in [6.45, 7) is 0. The number of halogens is 3. The number of hydrogen-bond donors (Lipinski definition) is 1. The molecule has 160 valence electrons. The molecule has 1 amide bonds. The molecule has 30 heavy (non-hydrogen) atoms. The van der Waals surface area contributed by atoms with Crippen LogP contribution in [0.25, 0.3) is 0 Å². The van der Waals surface area contributed by atoms with E-state index in [4.69, 9.17) is 8.94 Å². The van der Waals surface area contributed by atoms with Crippen LogP contribution in [-0.2, 0) is 15.8 Å². The largest absolute Gasteiger partial charge is 0.523 e. The molecule has 5 fully saturated rings. The molecule has 2 aromatic heterocycles. The predicted molar refractivity (Wildman–Crippen MR) is 91.2 cm³/mol. The molecule has 1 N–H and O–H groups in total. The number of rotatable bonds is 6. The average Bonchev–Trinajstić information content (AvgIpc) is 3.12. The maximum Gasteiger partial charge on any atom is 0.523 e. The van der Waals surface area contributed by atoms with Crippen molar-refractivity contribution in [2.75, 3.05) is 0 Å². The smallest absolute Gasteiger partial charge is 0.421 e. The Morgan fingerprint density at radius 3 is 2.47 bits per heavy atom. The van der Waals surface area contributed by atoms with Crippen LogP contribution in [0, 0.1) is 0 Å². The molecule has 2 heterocycles. The van der Waals surface area contributed by atoms with Gasteiger partial charge in [-0.3, -0.25) is 9.53 Å². The fourth-order valence-electron chi connectivity index (χ4n) is 5.11. The van der Waals surface area contributed by atoms with E-state index in [2.05, 4.69) is 25.4 Å². The lowest BCUT2D eigenvalue weighted by Gasteiger charge is -2.68. The van der Waals surface area contributed by atoms with E-state index in [1.54, 1.807) is 6.07 Å². The lowest BCUT2D eigenvalue weighted by atomic mass is 9.39. The van der Waals surface area contributed by atoms with Gasteiger partial charge in [-0.2, -0.15) is 0 Å². The van der Waals surface area contributed by atoms with Gasteiger partial charge in [-0.05, 0) is 51.4 Å². The van der Waals surface area contributed by atoms with Crippen molar-refractivity contribution in [2.24, 2.45) is 0 Å². The number of hydrogen-bond acceptors (Lipinski definition) is 7. The summed E-state index contributed by atoms with van der Waals surface area (Å²) < 4.78 is 53.5. The number of nitrogens with zero attached hydrogens (tertiary/aromatic N) is 3. The van der Waals surface area contributed by atoms with Crippen LogP contribution in [0.5, 0.6) is 0 Å². The molecular weight excluding hydrogens is 405 g/mol. The van der Waals surface area contributed by atoms with Gasteiger partial charge in [0.05, 0.1) is 5.41 Å². The summed E-state index contributed by atoms with van der Waals surface area (Å²) in [5.41, 5.74) is -2.04. The van der Waals surface area contributed by atoms with E-state index in [-0.39, 0.29) is 41.3 Å². The first kappa shape index (κ1) is 18.3. The average molecular weight is 424 g/mol. The molecule has 0 atom stereocenters. The van der Waals surface area contributed by atoms with Crippen molar-refractivity contribution in [3.8, 4) is 0 Å². The molecule has 0 unspecified atom stereocenters. The van der Waals surface area contributed by atoms with Gasteiger partial charge >= 0.3 is 6.36 Å². The highest BCUT2D eigenvalue weighted by atomic mass is 19.4. The summed E-state index contributed by atoms with van der Waals surface area (Å²) in [7, 11) is 0. The highest BCUT2D eigenvalue weighted by Crippen LogP contribution is 2.67. The van der Waals surface area contributed by atoms with Gasteiger partial charge in [-0.15, -0.1) is 23.4 Å². The van der Waals surface area contributed by atoms with E-state index < -0.39 is 12.0 Å². The van der Waals surface area contributed by atoms with Crippen LogP contribution in [0.3, 0.4) is 0 Å². The number of nitrogens with one attached hydrogen (secondary N) is 1. The molecule has 5 saturated carbocycles. The second kappa shape index (κ2) is 5.63. The fourth-order valence-corrected chi connectivity index (χ4v) is 5.11. The number of alkyl halides is 3. The molecule has 5 aliphatic carbocycles. The molecule has 2 bridgehead atoms. The number of carbonyl (C=O) groups is 1. The van der Waals surface area contributed by atoms with E-state index >= 15 is 0 Å². The second-order valence-electron chi connectivity index (χ2n) is 9.24.